The predicted molar refractivity (Wildman–Crippen MR) is 271 cm³/mol. The standard InChI is InChI=1S/C52H86N4O17/c1-40(2)45(52(64)54-41(3)51(63)55-43-17-15-42(39-57)16-18-43)38-47(59)46(56-49(61)14-9-7-6-8-12-44(58)19-20-50(62)66-5)13-10-11-22-53-48(60)21-23-67-26-27-69-30-31-71-34-35-73-37-36-72-33-32-70-29-28-68-25-24-65-4/h15-20,40-41,45-46,57H,6-14,21-39H2,1-5H3,(H,53,60)(H,54,64)(H,55,63)(H,56,61)/b20-19-/t41-,45?,46-/m0/s1. The van der Waals surface area contributed by atoms with Crippen LogP contribution in [0.3, 0.4) is 0 Å². The molecule has 3 atom stereocenters. The maximum atomic E-state index is 13.9. The molecule has 0 aliphatic heterocycles. The summed E-state index contributed by atoms with van der Waals surface area (Å²) >= 11 is 0. The van der Waals surface area contributed by atoms with Crippen molar-refractivity contribution in [1.82, 2.24) is 16.0 Å². The summed E-state index contributed by atoms with van der Waals surface area (Å²) in [6.07, 6.45) is 6.45. The van der Waals surface area contributed by atoms with E-state index in [0.717, 1.165) is 6.08 Å². The van der Waals surface area contributed by atoms with Gasteiger partial charge in [-0.25, -0.2) is 4.79 Å². The van der Waals surface area contributed by atoms with Crippen LogP contribution in [0.15, 0.2) is 36.4 Å². The van der Waals surface area contributed by atoms with Crippen LogP contribution in [0.1, 0.15) is 97.0 Å². The van der Waals surface area contributed by atoms with Gasteiger partial charge in [0.2, 0.25) is 23.6 Å². The number of methoxy groups -OCH3 is 2. The lowest BCUT2D eigenvalue weighted by molar-refractivity contribution is -0.135. The van der Waals surface area contributed by atoms with Crippen LogP contribution in [0.25, 0.3) is 0 Å². The molecule has 0 radical (unpaired) electrons. The molecule has 0 aliphatic carbocycles. The Bertz CT molecular complexity index is 1700. The zero-order chi connectivity index (χ0) is 53.7. The zero-order valence-electron chi connectivity index (χ0n) is 44.1. The summed E-state index contributed by atoms with van der Waals surface area (Å²) in [6, 6.07) is 4.83. The van der Waals surface area contributed by atoms with Crippen LogP contribution >= 0.6 is 0 Å². The Hall–Kier alpha value is -4.71. The molecule has 0 bridgehead atoms. The fraction of sp³-hybridized carbons (Fsp3) is 0.712. The van der Waals surface area contributed by atoms with Crippen LogP contribution in [0.4, 0.5) is 5.69 Å². The summed E-state index contributed by atoms with van der Waals surface area (Å²) in [6.45, 7) is 12.0. The molecule has 1 rings (SSSR count). The van der Waals surface area contributed by atoms with Crippen molar-refractivity contribution in [2.24, 2.45) is 11.8 Å². The van der Waals surface area contributed by atoms with E-state index in [4.69, 9.17) is 37.9 Å². The van der Waals surface area contributed by atoms with Crippen LogP contribution in [0, 0.1) is 11.8 Å². The molecular formula is C52H86N4O17. The van der Waals surface area contributed by atoms with Gasteiger partial charge in [-0.2, -0.15) is 0 Å². The van der Waals surface area contributed by atoms with Gasteiger partial charge in [-0.3, -0.25) is 28.8 Å². The fourth-order valence-electron chi connectivity index (χ4n) is 6.67. The predicted octanol–water partition coefficient (Wildman–Crippen LogP) is 3.42. The minimum absolute atomic E-state index is 0.138. The molecule has 73 heavy (non-hydrogen) atoms. The Morgan fingerprint density at radius 3 is 1.59 bits per heavy atom. The van der Waals surface area contributed by atoms with Gasteiger partial charge in [-0.1, -0.05) is 38.8 Å². The van der Waals surface area contributed by atoms with Crippen molar-refractivity contribution < 1.29 is 81.3 Å². The summed E-state index contributed by atoms with van der Waals surface area (Å²) in [5.74, 6) is -3.62. The highest BCUT2D eigenvalue weighted by atomic mass is 16.6. The number of aliphatic hydroxyl groups excluding tert-OH is 1. The number of Topliss-reactive ketones (excluding diaryl/α,β-unsaturated/α-hetero) is 1. The first kappa shape index (κ1) is 66.3. The van der Waals surface area contributed by atoms with Crippen molar-refractivity contribution >= 4 is 46.9 Å². The summed E-state index contributed by atoms with van der Waals surface area (Å²) in [5, 5.41) is 20.5. The number of carbonyl (C=O) groups is 7. The Morgan fingerprint density at radius 1 is 0.562 bits per heavy atom. The van der Waals surface area contributed by atoms with E-state index < -0.39 is 35.8 Å². The second kappa shape index (κ2) is 44.7. The third-order valence-electron chi connectivity index (χ3n) is 11.0. The van der Waals surface area contributed by atoms with E-state index in [1.54, 1.807) is 38.3 Å². The number of rotatable bonds is 48. The van der Waals surface area contributed by atoms with Crippen molar-refractivity contribution in [2.45, 2.75) is 110 Å². The Kier molecular flexibility index (Phi) is 40.6. The molecule has 0 aliphatic rings. The maximum Gasteiger partial charge on any atom is 0.330 e. The lowest BCUT2D eigenvalue weighted by atomic mass is 9.87. The number of anilines is 1. The first-order valence-corrected chi connectivity index (χ1v) is 25.5. The lowest BCUT2D eigenvalue weighted by Crippen LogP contribution is -2.47. The number of ketones is 2. The maximum absolute atomic E-state index is 13.9. The molecule has 1 unspecified atom stereocenters. The molecule has 1 aromatic carbocycles. The number of hydrogen-bond acceptors (Lipinski definition) is 17. The van der Waals surface area contributed by atoms with Crippen molar-refractivity contribution in [2.75, 3.05) is 125 Å². The van der Waals surface area contributed by atoms with Crippen LogP contribution in [0.5, 0.6) is 0 Å². The molecule has 0 heterocycles. The Morgan fingerprint density at radius 2 is 1.08 bits per heavy atom. The number of hydrogen-bond donors (Lipinski definition) is 5. The first-order chi connectivity index (χ1) is 35.3. The molecule has 416 valence electrons. The van der Waals surface area contributed by atoms with E-state index in [-0.39, 0.29) is 74.6 Å². The van der Waals surface area contributed by atoms with Gasteiger partial charge in [0.1, 0.15) is 6.04 Å². The summed E-state index contributed by atoms with van der Waals surface area (Å²) in [4.78, 5) is 89.1. The van der Waals surface area contributed by atoms with Gasteiger partial charge in [0.25, 0.3) is 0 Å². The van der Waals surface area contributed by atoms with Gasteiger partial charge in [0.15, 0.2) is 11.6 Å². The summed E-state index contributed by atoms with van der Waals surface area (Å²) in [5.41, 5.74) is 1.18. The second-order valence-electron chi connectivity index (χ2n) is 17.3. The third kappa shape index (κ3) is 36.8. The van der Waals surface area contributed by atoms with Gasteiger partial charge < -0.3 is 69.0 Å². The van der Waals surface area contributed by atoms with Gasteiger partial charge in [0, 0.05) is 57.0 Å². The number of amides is 4. The van der Waals surface area contributed by atoms with Crippen molar-refractivity contribution in [1.29, 1.82) is 0 Å². The average molecular weight is 1040 g/mol. The van der Waals surface area contributed by atoms with Crippen LogP contribution < -0.4 is 21.3 Å². The normalized spacial score (nSPS) is 12.6. The van der Waals surface area contributed by atoms with E-state index in [9.17, 15) is 38.7 Å². The number of ether oxygens (including phenoxy) is 9. The molecule has 21 nitrogen and oxygen atoms in total. The third-order valence-corrected chi connectivity index (χ3v) is 11.0. The number of esters is 1. The molecule has 0 saturated carbocycles. The number of benzene rings is 1. The van der Waals surface area contributed by atoms with Crippen LogP contribution in [-0.4, -0.2) is 178 Å². The number of unbranched alkanes of at least 4 members (excludes halogenated alkanes) is 4. The van der Waals surface area contributed by atoms with Crippen molar-refractivity contribution in [3.8, 4) is 0 Å². The van der Waals surface area contributed by atoms with Gasteiger partial charge >= 0.3 is 5.97 Å². The second-order valence-corrected chi connectivity index (χ2v) is 17.3. The number of carbonyl (C=O) groups excluding carboxylic acids is 7. The zero-order valence-corrected chi connectivity index (χ0v) is 44.1. The monoisotopic (exact) mass is 1040 g/mol. The topological polar surface area (TPSA) is 271 Å². The highest BCUT2D eigenvalue weighted by molar-refractivity contribution is 5.98. The van der Waals surface area contributed by atoms with E-state index in [1.807, 2.05) is 13.8 Å². The van der Waals surface area contributed by atoms with Crippen molar-refractivity contribution in [3.05, 3.63) is 42.0 Å². The highest BCUT2D eigenvalue weighted by Crippen LogP contribution is 2.20. The largest absolute Gasteiger partial charge is 0.466 e. The first-order valence-electron chi connectivity index (χ1n) is 25.5. The number of allylic oxidation sites excluding steroid dienone is 1. The van der Waals surface area contributed by atoms with Gasteiger partial charge in [-0.15, -0.1) is 0 Å². The summed E-state index contributed by atoms with van der Waals surface area (Å²) in [7, 11) is 2.86. The molecular weight excluding hydrogens is 953 g/mol. The number of nitrogens with one attached hydrogen (secondary N) is 4. The molecule has 0 aromatic heterocycles. The minimum atomic E-state index is -0.922. The van der Waals surface area contributed by atoms with Gasteiger partial charge in [-0.05, 0) is 68.7 Å². The minimum Gasteiger partial charge on any atom is -0.466 e. The average Bonchev–Trinajstić information content (AvgIpc) is 3.37. The smallest absolute Gasteiger partial charge is 0.330 e. The SMILES string of the molecule is COCCOCCOCCOCCOCCOCCOCCOCCC(=O)NCCCC[C@H](NC(=O)CCCCCCC(=O)/C=C\C(=O)OC)C(=O)CC(C(=O)N[C@@H](C)C(=O)Nc1ccc(CO)cc1)C(C)C. The van der Waals surface area contributed by atoms with E-state index in [1.165, 1.54) is 13.2 Å². The quantitative estimate of drug-likeness (QED) is 0.0356. The molecule has 21 heteroatoms. The van der Waals surface area contributed by atoms with Gasteiger partial charge in [0.05, 0.1) is 119 Å². The Balaban J connectivity index is 2.44. The molecule has 4 amide bonds. The Labute approximate surface area is 432 Å². The van der Waals surface area contributed by atoms with E-state index in [2.05, 4.69) is 26.0 Å². The molecule has 0 fully saturated rings. The molecule has 1 aromatic rings. The highest BCUT2D eigenvalue weighted by Gasteiger charge is 2.31. The van der Waals surface area contributed by atoms with E-state index >= 15 is 0 Å². The van der Waals surface area contributed by atoms with Crippen LogP contribution in [0.2, 0.25) is 0 Å². The number of aliphatic hydroxyl groups is 1. The van der Waals surface area contributed by atoms with Crippen molar-refractivity contribution in [3.63, 3.8) is 0 Å². The van der Waals surface area contributed by atoms with Crippen LogP contribution in [-0.2, 0) is 82.8 Å². The van der Waals surface area contributed by atoms with E-state index in [0.29, 0.717) is 149 Å². The lowest BCUT2D eigenvalue weighted by Gasteiger charge is -2.25. The summed E-state index contributed by atoms with van der Waals surface area (Å²) < 4.78 is 47.6. The fourth-order valence-corrected chi connectivity index (χ4v) is 6.67. The molecule has 5 N–H and O–H groups in total. The molecule has 0 spiro atoms. The molecule has 0 saturated heterocycles.